The van der Waals surface area contributed by atoms with Gasteiger partial charge in [-0.15, -0.1) is 23.2 Å². The van der Waals surface area contributed by atoms with Crippen molar-refractivity contribution in [1.29, 1.82) is 0 Å². The molecule has 2 aromatic rings. The van der Waals surface area contributed by atoms with Crippen molar-refractivity contribution in [2.45, 2.75) is 41.3 Å². The monoisotopic (exact) mass is 688 g/mol. The lowest BCUT2D eigenvalue weighted by Crippen LogP contribution is -2.50. The topological polar surface area (TPSA) is 84.0 Å². The lowest BCUT2D eigenvalue weighted by molar-refractivity contribution is -0.139. The van der Waals surface area contributed by atoms with Crippen molar-refractivity contribution < 1.29 is 23.9 Å². The van der Waals surface area contributed by atoms with Crippen LogP contribution in [0.15, 0.2) is 46.5 Å². The molecule has 13 heteroatoms. The number of nitrogens with zero attached hydrogens (tertiary/aromatic N) is 2. The molecule has 6 rings (SSSR count). The third kappa shape index (κ3) is 3.74. The summed E-state index contributed by atoms with van der Waals surface area (Å²) in [7, 11) is 0. The molecular formula is C29H22Cl6N2O5. The predicted octanol–water partition coefficient (Wildman–Crippen LogP) is 6.52. The Hall–Kier alpha value is -2.00. The second-order valence-electron chi connectivity index (χ2n) is 11.2. The van der Waals surface area contributed by atoms with E-state index in [9.17, 15) is 19.2 Å². The number of carbonyl (C=O) groups excluding carboxylic acids is 4. The van der Waals surface area contributed by atoms with Crippen LogP contribution in [0.1, 0.15) is 23.1 Å². The van der Waals surface area contributed by atoms with Gasteiger partial charge in [-0.25, -0.2) is 4.90 Å². The van der Waals surface area contributed by atoms with Gasteiger partial charge in [-0.2, -0.15) is 0 Å². The fourth-order valence-corrected chi connectivity index (χ4v) is 9.51. The van der Waals surface area contributed by atoms with Crippen LogP contribution in [0.25, 0.3) is 0 Å². The Kier molecular flexibility index (Phi) is 6.97. The Morgan fingerprint density at radius 3 is 1.93 bits per heavy atom. The van der Waals surface area contributed by atoms with Gasteiger partial charge in [-0.1, -0.05) is 64.1 Å². The van der Waals surface area contributed by atoms with Gasteiger partial charge in [-0.05, 0) is 56.2 Å². The number of anilines is 2. The zero-order chi connectivity index (χ0) is 30.7. The number of aryl methyl sites for hydroxylation is 3. The maximum atomic E-state index is 13.7. The van der Waals surface area contributed by atoms with Crippen molar-refractivity contribution in [2.24, 2.45) is 17.8 Å². The summed E-state index contributed by atoms with van der Waals surface area (Å²) < 4.78 is 3.59. The van der Waals surface area contributed by atoms with E-state index in [1.165, 1.54) is 18.2 Å². The molecule has 42 heavy (non-hydrogen) atoms. The third-order valence-electron chi connectivity index (χ3n) is 8.64. The van der Waals surface area contributed by atoms with E-state index in [1.54, 1.807) is 11.8 Å². The van der Waals surface area contributed by atoms with Gasteiger partial charge in [0.2, 0.25) is 17.7 Å². The SMILES string of the molecule is Cc1ccc(N2C[C@@H](C(=O)Oc3ccc(N4C(=O)[C@@H]5[C@H](C4=O)[C@@]4(Cl)C(Cl)=C(Cl)[C@@]5(Cl)C4(Cl)Cl)c(C)c3)CC2=O)c(C)c1. The number of rotatable bonds is 4. The van der Waals surface area contributed by atoms with Crippen LogP contribution in [-0.2, 0) is 19.2 Å². The average molecular weight is 691 g/mol. The van der Waals surface area contributed by atoms with Crippen LogP contribution in [-0.4, -0.2) is 44.3 Å². The van der Waals surface area contributed by atoms with Crippen LogP contribution in [0, 0.1) is 38.5 Å². The molecule has 0 radical (unpaired) electrons. The van der Waals surface area contributed by atoms with Crippen LogP contribution in [0.4, 0.5) is 11.4 Å². The van der Waals surface area contributed by atoms with E-state index in [0.29, 0.717) is 5.56 Å². The van der Waals surface area contributed by atoms with Gasteiger partial charge < -0.3 is 9.64 Å². The molecule has 2 heterocycles. The fourth-order valence-electron chi connectivity index (χ4n) is 6.58. The second-order valence-corrected chi connectivity index (χ2v) is 14.4. The number of imide groups is 1. The first kappa shape index (κ1) is 30.0. The first-order valence-electron chi connectivity index (χ1n) is 13.0. The number of ether oxygens (including phenoxy) is 1. The summed E-state index contributed by atoms with van der Waals surface area (Å²) in [5.74, 6) is -5.08. The molecule has 220 valence electrons. The van der Waals surface area contributed by atoms with Gasteiger partial charge in [0, 0.05) is 18.7 Å². The molecule has 1 saturated carbocycles. The predicted molar refractivity (Wildman–Crippen MR) is 163 cm³/mol. The molecule has 3 amide bonds. The number of carbonyl (C=O) groups is 4. The zero-order valence-electron chi connectivity index (χ0n) is 22.3. The highest BCUT2D eigenvalue weighted by Crippen LogP contribution is 2.77. The fraction of sp³-hybridized carbons (Fsp3) is 0.379. The molecule has 5 atom stereocenters. The Bertz CT molecular complexity index is 1610. The van der Waals surface area contributed by atoms with Crippen molar-refractivity contribution in [2.75, 3.05) is 16.3 Å². The van der Waals surface area contributed by atoms with Gasteiger partial charge in [0.1, 0.15) is 15.5 Å². The van der Waals surface area contributed by atoms with Crippen molar-refractivity contribution in [3.63, 3.8) is 0 Å². The van der Waals surface area contributed by atoms with Crippen molar-refractivity contribution in [3.05, 3.63) is 63.2 Å². The third-order valence-corrected chi connectivity index (χ3v) is 12.9. The van der Waals surface area contributed by atoms with Crippen LogP contribution < -0.4 is 14.5 Å². The van der Waals surface area contributed by atoms with E-state index in [2.05, 4.69) is 0 Å². The van der Waals surface area contributed by atoms with Crippen LogP contribution in [0.3, 0.4) is 0 Å². The minimum atomic E-state index is -2.02. The molecular weight excluding hydrogens is 669 g/mol. The summed E-state index contributed by atoms with van der Waals surface area (Å²) in [4.78, 5) is 51.9. The lowest BCUT2D eigenvalue weighted by atomic mass is 9.84. The van der Waals surface area contributed by atoms with Crippen molar-refractivity contribution >= 4 is 105 Å². The highest BCUT2D eigenvalue weighted by molar-refractivity contribution is 6.67. The first-order valence-corrected chi connectivity index (χ1v) is 15.2. The zero-order valence-corrected chi connectivity index (χ0v) is 26.8. The lowest BCUT2D eigenvalue weighted by Gasteiger charge is -2.34. The number of amides is 3. The Morgan fingerprint density at radius 2 is 1.38 bits per heavy atom. The molecule has 2 bridgehead atoms. The summed E-state index contributed by atoms with van der Waals surface area (Å²) >= 11 is 39.4. The summed E-state index contributed by atoms with van der Waals surface area (Å²) in [6.07, 6.45) is 0.0188. The molecule has 2 aromatic carbocycles. The molecule has 0 unspecified atom stereocenters. The Labute approximate surface area is 271 Å². The van der Waals surface area contributed by atoms with Gasteiger partial charge in [-0.3, -0.25) is 19.2 Å². The molecule has 7 nitrogen and oxygen atoms in total. The van der Waals surface area contributed by atoms with Gasteiger partial charge in [0.25, 0.3) is 0 Å². The summed E-state index contributed by atoms with van der Waals surface area (Å²) in [5, 5.41) is -0.342. The van der Waals surface area contributed by atoms with Crippen LogP contribution in [0.5, 0.6) is 5.75 Å². The highest BCUT2D eigenvalue weighted by Gasteiger charge is 2.87. The number of halogens is 6. The minimum absolute atomic E-state index is 0.0188. The van der Waals surface area contributed by atoms with Gasteiger partial charge in [0.05, 0.1) is 33.5 Å². The number of hydrogen-bond acceptors (Lipinski definition) is 5. The Morgan fingerprint density at radius 1 is 0.833 bits per heavy atom. The Balaban J connectivity index is 1.21. The normalized spacial score (nSPS) is 31.5. The smallest absolute Gasteiger partial charge is 0.316 e. The molecule has 0 N–H and O–H groups in total. The minimum Gasteiger partial charge on any atom is -0.426 e. The first-order chi connectivity index (χ1) is 19.6. The van der Waals surface area contributed by atoms with Crippen LogP contribution >= 0.6 is 69.6 Å². The number of fused-ring (bicyclic) bond motifs is 5. The van der Waals surface area contributed by atoms with Crippen molar-refractivity contribution in [1.82, 2.24) is 0 Å². The van der Waals surface area contributed by atoms with E-state index in [-0.39, 0.29) is 40.4 Å². The summed E-state index contributed by atoms with van der Waals surface area (Å²) in [5.41, 5.74) is 3.46. The highest BCUT2D eigenvalue weighted by atomic mass is 35.5. The van der Waals surface area contributed by atoms with E-state index in [4.69, 9.17) is 74.3 Å². The standard InChI is InChI=1S/C29H22Cl6N2O5/c1-12-4-6-17(13(2)8-12)36-11-15(10-19(36)38)26(41)42-16-5-7-18(14(3)9-16)37-24(39)20-21(25(37)40)28(33)23(31)22(30)27(20,32)29(28,34)35/h4-9,15,20-21H,10-11H2,1-3H3/t15-,20-,21+,27+,28+/m0/s1. The number of esters is 1. The van der Waals surface area contributed by atoms with Gasteiger partial charge >= 0.3 is 5.97 Å². The van der Waals surface area contributed by atoms with Gasteiger partial charge in [0.15, 0.2) is 4.33 Å². The molecule has 2 saturated heterocycles. The maximum Gasteiger partial charge on any atom is 0.316 e. The van der Waals surface area contributed by atoms with Crippen molar-refractivity contribution in [3.8, 4) is 5.75 Å². The molecule has 0 aromatic heterocycles. The quantitative estimate of drug-likeness (QED) is 0.158. The van der Waals surface area contributed by atoms with E-state index >= 15 is 0 Å². The largest absolute Gasteiger partial charge is 0.426 e. The molecule has 3 fully saturated rings. The van der Waals surface area contributed by atoms with Crippen LogP contribution in [0.2, 0.25) is 0 Å². The molecule has 4 aliphatic rings. The van der Waals surface area contributed by atoms with E-state index in [0.717, 1.165) is 21.7 Å². The number of allylic oxidation sites excluding steroid dienone is 2. The average Bonchev–Trinajstić information content (AvgIpc) is 3.50. The second kappa shape index (κ2) is 9.75. The summed E-state index contributed by atoms with van der Waals surface area (Å²) in [6, 6.07) is 10.2. The number of hydrogen-bond donors (Lipinski definition) is 0. The van der Waals surface area contributed by atoms with E-state index < -0.39 is 49.6 Å². The summed E-state index contributed by atoms with van der Waals surface area (Å²) in [6.45, 7) is 5.73. The number of alkyl halides is 4. The molecule has 0 spiro atoms. The molecule has 2 aliphatic heterocycles. The maximum absolute atomic E-state index is 13.7. The number of benzene rings is 2. The van der Waals surface area contributed by atoms with E-state index in [1.807, 2.05) is 32.0 Å². The molecule has 2 aliphatic carbocycles.